The third-order valence-corrected chi connectivity index (χ3v) is 3.83. The molecule has 1 heterocycles. The number of benzene rings is 1. The van der Waals surface area contributed by atoms with E-state index in [-0.39, 0.29) is 30.7 Å². The molecule has 0 aliphatic carbocycles. The molecule has 24 heavy (non-hydrogen) atoms. The summed E-state index contributed by atoms with van der Waals surface area (Å²) in [5, 5.41) is 3.68. The van der Waals surface area contributed by atoms with Gasteiger partial charge in [-0.05, 0) is 35.7 Å². The van der Waals surface area contributed by atoms with Crippen LogP contribution in [0.4, 0.5) is 5.82 Å². The van der Waals surface area contributed by atoms with Crippen LogP contribution in [-0.4, -0.2) is 16.9 Å². The first-order valence-electron chi connectivity index (χ1n) is 6.63. The fourth-order valence-electron chi connectivity index (χ4n) is 1.87. The SMILES string of the molecule is Cl.Cl.Nc1ccc(CNC(=O)[C@@H](N)Cc2ccc(Cl)c(Cl)c2)cn1. The van der Waals surface area contributed by atoms with E-state index >= 15 is 0 Å². The number of rotatable bonds is 5. The van der Waals surface area contributed by atoms with E-state index in [1.807, 2.05) is 0 Å². The third-order valence-electron chi connectivity index (χ3n) is 3.09. The summed E-state index contributed by atoms with van der Waals surface area (Å²) in [6.45, 7) is 0.348. The molecule has 0 bridgehead atoms. The third kappa shape index (κ3) is 6.71. The topological polar surface area (TPSA) is 94.0 Å². The molecule has 0 radical (unpaired) electrons. The molecule has 5 nitrogen and oxygen atoms in total. The van der Waals surface area contributed by atoms with Gasteiger partial charge in [-0.15, -0.1) is 24.8 Å². The van der Waals surface area contributed by atoms with Crippen molar-refractivity contribution < 1.29 is 4.79 Å². The number of nitrogens with two attached hydrogens (primary N) is 2. The number of nitrogens with zero attached hydrogens (tertiary/aromatic N) is 1. The zero-order valence-corrected chi connectivity index (χ0v) is 15.7. The summed E-state index contributed by atoms with van der Waals surface area (Å²) < 4.78 is 0. The molecular weight excluding hydrogens is 394 g/mol. The summed E-state index contributed by atoms with van der Waals surface area (Å²) in [6.07, 6.45) is 1.99. The van der Waals surface area contributed by atoms with E-state index in [0.717, 1.165) is 11.1 Å². The molecule has 0 unspecified atom stereocenters. The van der Waals surface area contributed by atoms with E-state index in [1.165, 1.54) is 0 Å². The van der Waals surface area contributed by atoms with Gasteiger partial charge in [-0.1, -0.05) is 35.3 Å². The molecule has 1 aromatic carbocycles. The smallest absolute Gasteiger partial charge is 0.237 e. The lowest BCUT2D eigenvalue weighted by Crippen LogP contribution is -2.41. The minimum Gasteiger partial charge on any atom is -0.384 e. The lowest BCUT2D eigenvalue weighted by Gasteiger charge is -2.13. The Balaban J connectivity index is 0.00000264. The summed E-state index contributed by atoms with van der Waals surface area (Å²) in [5.74, 6) is 0.189. The average molecular weight is 412 g/mol. The van der Waals surface area contributed by atoms with E-state index < -0.39 is 6.04 Å². The number of anilines is 1. The zero-order valence-electron chi connectivity index (χ0n) is 12.5. The summed E-state index contributed by atoms with van der Waals surface area (Å²) in [5.41, 5.74) is 13.1. The van der Waals surface area contributed by atoms with Crippen LogP contribution in [0.15, 0.2) is 36.5 Å². The highest BCUT2D eigenvalue weighted by atomic mass is 35.5. The van der Waals surface area contributed by atoms with Crippen LogP contribution in [0.25, 0.3) is 0 Å². The molecule has 1 amide bonds. The molecule has 9 heteroatoms. The van der Waals surface area contributed by atoms with Crippen LogP contribution >= 0.6 is 48.0 Å². The van der Waals surface area contributed by atoms with Gasteiger partial charge in [-0.3, -0.25) is 4.79 Å². The predicted molar refractivity (Wildman–Crippen MR) is 103 cm³/mol. The van der Waals surface area contributed by atoms with E-state index in [1.54, 1.807) is 36.5 Å². The molecule has 0 aliphatic heterocycles. The first-order valence-corrected chi connectivity index (χ1v) is 7.39. The van der Waals surface area contributed by atoms with Crippen molar-refractivity contribution in [1.29, 1.82) is 0 Å². The number of nitrogen functional groups attached to an aromatic ring is 1. The Morgan fingerprint density at radius 2 is 1.79 bits per heavy atom. The maximum atomic E-state index is 12.0. The number of nitrogens with one attached hydrogen (secondary N) is 1. The molecule has 0 aliphatic rings. The highest BCUT2D eigenvalue weighted by molar-refractivity contribution is 6.42. The number of amides is 1. The van der Waals surface area contributed by atoms with Gasteiger partial charge in [0.25, 0.3) is 0 Å². The quantitative estimate of drug-likeness (QED) is 0.704. The summed E-state index contributed by atoms with van der Waals surface area (Å²) in [7, 11) is 0. The summed E-state index contributed by atoms with van der Waals surface area (Å²) in [6, 6.07) is 8.00. The first kappa shape index (κ1) is 22.8. The van der Waals surface area contributed by atoms with Gasteiger partial charge in [-0.2, -0.15) is 0 Å². The van der Waals surface area contributed by atoms with E-state index in [9.17, 15) is 4.79 Å². The number of halogens is 4. The molecule has 1 aromatic heterocycles. The second-order valence-electron chi connectivity index (χ2n) is 4.87. The minimum absolute atomic E-state index is 0. The van der Waals surface area contributed by atoms with Crippen LogP contribution in [0.2, 0.25) is 10.0 Å². The number of hydrogen-bond donors (Lipinski definition) is 3. The molecule has 0 saturated carbocycles. The number of carbonyl (C=O) groups excluding carboxylic acids is 1. The van der Waals surface area contributed by atoms with Gasteiger partial charge >= 0.3 is 0 Å². The molecule has 2 aromatic rings. The Kier molecular flexibility index (Phi) is 10.0. The standard InChI is InChI=1S/C15H16Cl2N4O.2ClH/c16-11-3-1-9(5-12(11)17)6-13(18)15(22)21-8-10-2-4-14(19)20-7-10;;/h1-5,7,13H,6,8,18H2,(H2,19,20)(H,21,22);2*1H/t13-;;/m0../s1. The zero-order chi connectivity index (χ0) is 16.1. The lowest BCUT2D eigenvalue weighted by molar-refractivity contribution is -0.122. The van der Waals surface area contributed by atoms with Gasteiger partial charge in [0.05, 0.1) is 16.1 Å². The monoisotopic (exact) mass is 410 g/mol. The van der Waals surface area contributed by atoms with Gasteiger partial charge in [0.2, 0.25) is 5.91 Å². The fourth-order valence-corrected chi connectivity index (χ4v) is 2.19. The molecule has 0 spiro atoms. The van der Waals surface area contributed by atoms with Gasteiger partial charge in [0.15, 0.2) is 0 Å². The van der Waals surface area contributed by atoms with E-state index in [4.69, 9.17) is 34.7 Å². The van der Waals surface area contributed by atoms with Crippen LogP contribution < -0.4 is 16.8 Å². The maximum absolute atomic E-state index is 12.0. The summed E-state index contributed by atoms with van der Waals surface area (Å²) in [4.78, 5) is 16.0. The van der Waals surface area contributed by atoms with Crippen molar-refractivity contribution in [2.24, 2.45) is 5.73 Å². The molecule has 5 N–H and O–H groups in total. The Morgan fingerprint density at radius 3 is 2.38 bits per heavy atom. The van der Waals surface area contributed by atoms with Crippen molar-refractivity contribution in [1.82, 2.24) is 10.3 Å². The molecule has 2 rings (SSSR count). The van der Waals surface area contributed by atoms with Crippen molar-refractivity contribution in [2.75, 3.05) is 5.73 Å². The van der Waals surface area contributed by atoms with Crippen molar-refractivity contribution in [3.05, 3.63) is 57.7 Å². The molecular formula is C15H18Cl4N4O. The number of hydrogen-bond acceptors (Lipinski definition) is 4. The Labute approximate surface area is 162 Å². The van der Waals surface area contributed by atoms with Gasteiger partial charge in [0, 0.05) is 12.7 Å². The Morgan fingerprint density at radius 1 is 1.12 bits per heavy atom. The van der Waals surface area contributed by atoms with Crippen molar-refractivity contribution in [3.8, 4) is 0 Å². The van der Waals surface area contributed by atoms with E-state index in [0.29, 0.717) is 28.8 Å². The Bertz CT molecular complexity index is 667. The fraction of sp³-hybridized carbons (Fsp3) is 0.200. The lowest BCUT2D eigenvalue weighted by atomic mass is 10.1. The summed E-state index contributed by atoms with van der Waals surface area (Å²) >= 11 is 11.8. The van der Waals surface area contributed by atoms with Crippen LogP contribution in [0.1, 0.15) is 11.1 Å². The molecule has 0 saturated heterocycles. The normalized spacial score (nSPS) is 11.0. The van der Waals surface area contributed by atoms with Crippen molar-refractivity contribution >= 4 is 59.7 Å². The number of pyridine rings is 1. The van der Waals surface area contributed by atoms with Crippen LogP contribution in [0, 0.1) is 0 Å². The van der Waals surface area contributed by atoms with E-state index in [2.05, 4.69) is 10.3 Å². The maximum Gasteiger partial charge on any atom is 0.237 e. The number of aromatic nitrogens is 1. The second kappa shape index (κ2) is 10.6. The highest BCUT2D eigenvalue weighted by Gasteiger charge is 2.14. The van der Waals surface area contributed by atoms with Crippen LogP contribution in [0.5, 0.6) is 0 Å². The van der Waals surface area contributed by atoms with Crippen LogP contribution in [0.3, 0.4) is 0 Å². The van der Waals surface area contributed by atoms with Gasteiger partial charge in [-0.25, -0.2) is 4.98 Å². The van der Waals surface area contributed by atoms with Crippen LogP contribution in [-0.2, 0) is 17.8 Å². The minimum atomic E-state index is -0.668. The van der Waals surface area contributed by atoms with Gasteiger partial charge in [0.1, 0.15) is 5.82 Å². The Hall–Kier alpha value is -1.24. The first-order chi connectivity index (χ1) is 10.5. The molecule has 132 valence electrons. The van der Waals surface area contributed by atoms with Crippen molar-refractivity contribution in [3.63, 3.8) is 0 Å². The largest absolute Gasteiger partial charge is 0.384 e. The predicted octanol–water partition coefficient (Wildman–Crippen LogP) is 3.00. The van der Waals surface area contributed by atoms with Crippen molar-refractivity contribution in [2.45, 2.75) is 19.0 Å². The molecule has 0 fully saturated rings. The highest BCUT2D eigenvalue weighted by Crippen LogP contribution is 2.23. The van der Waals surface area contributed by atoms with Gasteiger partial charge < -0.3 is 16.8 Å². The average Bonchev–Trinajstić information content (AvgIpc) is 2.50. The number of carbonyl (C=O) groups is 1. The molecule has 1 atom stereocenters. The second-order valence-corrected chi connectivity index (χ2v) is 5.68.